The fourth-order valence-corrected chi connectivity index (χ4v) is 2.44. The molecular weight excluding hydrogens is 300 g/mol. The van der Waals surface area contributed by atoms with Gasteiger partial charge >= 0.3 is 6.03 Å². The highest BCUT2D eigenvalue weighted by Crippen LogP contribution is 2.15. The van der Waals surface area contributed by atoms with Crippen molar-refractivity contribution < 1.29 is 19.0 Å². The van der Waals surface area contributed by atoms with Crippen LogP contribution >= 0.6 is 0 Å². The Labute approximate surface area is 139 Å². The van der Waals surface area contributed by atoms with E-state index in [1.807, 2.05) is 5.43 Å². The third kappa shape index (κ3) is 9.72. The molecule has 0 radical (unpaired) electrons. The smallest absolute Gasteiger partial charge is 0.328 e. The van der Waals surface area contributed by atoms with Crippen molar-refractivity contribution in [2.45, 2.75) is 38.8 Å². The molecule has 0 unspecified atom stereocenters. The van der Waals surface area contributed by atoms with Crippen LogP contribution in [0.1, 0.15) is 26.7 Å². The third-order valence-corrected chi connectivity index (χ3v) is 3.82. The average Bonchev–Trinajstić information content (AvgIpc) is 2.56. The number of urea groups is 1. The predicted octanol–water partition coefficient (Wildman–Crippen LogP) is 0.0819. The molecule has 0 saturated carbocycles. The summed E-state index contributed by atoms with van der Waals surface area (Å²) in [6.07, 6.45) is 2.57. The topological polar surface area (TPSA) is 98.1 Å². The minimum absolute atomic E-state index is 0.365. The Hall–Kier alpha value is -0.930. The minimum atomic E-state index is -0.416. The zero-order valence-corrected chi connectivity index (χ0v) is 14.4. The van der Waals surface area contributed by atoms with E-state index in [9.17, 15) is 4.79 Å². The van der Waals surface area contributed by atoms with E-state index >= 15 is 0 Å². The van der Waals surface area contributed by atoms with Crippen LogP contribution in [-0.2, 0) is 14.2 Å². The van der Waals surface area contributed by atoms with E-state index in [1.165, 1.54) is 0 Å². The van der Waals surface area contributed by atoms with Crippen molar-refractivity contribution in [2.24, 2.45) is 5.84 Å². The number of hydrogen-bond donors (Lipinski definition) is 3. The number of piperidine rings is 1. The Morgan fingerprint density at radius 1 is 1.13 bits per heavy atom. The van der Waals surface area contributed by atoms with Gasteiger partial charge in [0.15, 0.2) is 0 Å². The quantitative estimate of drug-likeness (QED) is 0.215. The lowest BCUT2D eigenvalue weighted by atomic mass is 10.1. The van der Waals surface area contributed by atoms with Crippen molar-refractivity contribution in [1.82, 2.24) is 15.6 Å². The maximum Gasteiger partial charge on any atom is 0.328 e. The fraction of sp³-hybridized carbons (Fsp3) is 0.933. The van der Waals surface area contributed by atoms with E-state index in [4.69, 9.17) is 20.1 Å². The maximum atomic E-state index is 10.8. The van der Waals surface area contributed by atoms with E-state index in [0.717, 1.165) is 25.9 Å². The Morgan fingerprint density at radius 3 is 2.35 bits per heavy atom. The molecule has 23 heavy (non-hydrogen) atoms. The summed E-state index contributed by atoms with van der Waals surface area (Å²) < 4.78 is 16.6. The number of nitrogens with one attached hydrogen (secondary N) is 2. The van der Waals surface area contributed by atoms with Crippen molar-refractivity contribution >= 4 is 6.03 Å². The lowest BCUT2D eigenvalue weighted by molar-refractivity contribution is -0.0337. The van der Waals surface area contributed by atoms with Gasteiger partial charge in [0, 0.05) is 25.7 Å². The maximum absolute atomic E-state index is 10.8. The average molecular weight is 332 g/mol. The molecule has 1 fully saturated rings. The molecule has 1 aliphatic rings. The Kier molecular flexibility index (Phi) is 10.9. The second kappa shape index (κ2) is 12.5. The molecule has 0 spiro atoms. The largest absolute Gasteiger partial charge is 0.377 e. The lowest BCUT2D eigenvalue weighted by Crippen LogP contribution is -2.41. The first kappa shape index (κ1) is 20.1. The van der Waals surface area contributed by atoms with Gasteiger partial charge in [-0.25, -0.2) is 10.6 Å². The fourth-order valence-electron chi connectivity index (χ4n) is 2.44. The Bertz CT molecular complexity index is 310. The highest BCUT2D eigenvalue weighted by molar-refractivity contribution is 5.72. The summed E-state index contributed by atoms with van der Waals surface area (Å²) in [4.78, 5) is 13.2. The number of likely N-dealkylation sites (tertiary alicyclic amines) is 1. The van der Waals surface area contributed by atoms with Crippen LogP contribution in [0.25, 0.3) is 0 Å². The number of amides is 2. The number of rotatable bonds is 11. The lowest BCUT2D eigenvalue weighted by Gasteiger charge is -2.34. The monoisotopic (exact) mass is 332 g/mol. The van der Waals surface area contributed by atoms with Gasteiger partial charge in [0.1, 0.15) is 0 Å². The molecule has 0 bridgehead atoms. The van der Waals surface area contributed by atoms with E-state index in [0.29, 0.717) is 51.7 Å². The number of ether oxygens (including phenoxy) is 3. The second-order valence-corrected chi connectivity index (χ2v) is 5.82. The second-order valence-electron chi connectivity index (χ2n) is 5.82. The Morgan fingerprint density at radius 2 is 1.74 bits per heavy atom. The van der Waals surface area contributed by atoms with Gasteiger partial charge in [0.2, 0.25) is 0 Å². The van der Waals surface area contributed by atoms with Crippen LogP contribution < -0.4 is 16.6 Å². The first-order chi connectivity index (χ1) is 11.1. The van der Waals surface area contributed by atoms with Gasteiger partial charge in [-0.15, -0.1) is 0 Å². The molecule has 0 aromatic rings. The van der Waals surface area contributed by atoms with Crippen LogP contribution in [0.2, 0.25) is 0 Å². The third-order valence-electron chi connectivity index (χ3n) is 3.82. The summed E-state index contributed by atoms with van der Waals surface area (Å²) in [6.45, 7) is 9.80. The Balaban J connectivity index is 1.83. The van der Waals surface area contributed by atoms with Gasteiger partial charge in [-0.05, 0) is 26.7 Å². The van der Waals surface area contributed by atoms with Gasteiger partial charge in [-0.1, -0.05) is 0 Å². The van der Waals surface area contributed by atoms with Crippen molar-refractivity contribution in [1.29, 1.82) is 0 Å². The number of nitrogens with zero attached hydrogens (tertiary/aromatic N) is 1. The zero-order valence-electron chi connectivity index (χ0n) is 14.4. The molecule has 0 aromatic heterocycles. The van der Waals surface area contributed by atoms with Gasteiger partial charge in [-0.2, -0.15) is 0 Å². The van der Waals surface area contributed by atoms with Crippen LogP contribution in [0.15, 0.2) is 0 Å². The molecule has 1 saturated heterocycles. The minimum Gasteiger partial charge on any atom is -0.377 e. The molecule has 1 rings (SSSR count). The summed E-state index contributed by atoms with van der Waals surface area (Å²) in [5, 5.41) is 2.53. The SMILES string of the molecule is CC(C)N1CCC(OCCOCCOCCNC(=O)NN)CC1. The number of carbonyl (C=O) groups excluding carboxylic acids is 1. The van der Waals surface area contributed by atoms with Crippen LogP contribution in [-0.4, -0.2) is 75.7 Å². The predicted molar refractivity (Wildman–Crippen MR) is 88.0 cm³/mol. The highest BCUT2D eigenvalue weighted by Gasteiger charge is 2.20. The van der Waals surface area contributed by atoms with E-state index < -0.39 is 6.03 Å². The first-order valence-corrected chi connectivity index (χ1v) is 8.39. The number of nitrogens with two attached hydrogens (primary N) is 1. The number of hydrogen-bond acceptors (Lipinski definition) is 6. The number of hydrazine groups is 1. The van der Waals surface area contributed by atoms with Crippen molar-refractivity contribution in [3.8, 4) is 0 Å². The van der Waals surface area contributed by atoms with Gasteiger partial charge < -0.3 is 24.4 Å². The molecular formula is C15H32N4O4. The van der Waals surface area contributed by atoms with Crippen LogP contribution in [0.4, 0.5) is 4.79 Å². The van der Waals surface area contributed by atoms with Gasteiger partial charge in [0.05, 0.1) is 39.1 Å². The van der Waals surface area contributed by atoms with Crippen LogP contribution in [0, 0.1) is 0 Å². The molecule has 4 N–H and O–H groups in total. The standard InChI is InChI=1S/C15H32N4O4/c1-13(2)19-6-3-14(4-7-19)23-12-11-22-10-9-21-8-5-17-15(20)18-16/h13-14H,3-12,16H2,1-2H3,(H2,17,18,20). The number of carbonyl (C=O) groups is 1. The van der Waals surface area contributed by atoms with Crippen molar-refractivity contribution in [2.75, 3.05) is 52.7 Å². The van der Waals surface area contributed by atoms with Gasteiger partial charge in [0.25, 0.3) is 0 Å². The molecule has 136 valence electrons. The summed E-state index contributed by atoms with van der Waals surface area (Å²) in [7, 11) is 0. The molecule has 0 atom stereocenters. The molecule has 0 aliphatic carbocycles. The molecule has 8 heteroatoms. The van der Waals surface area contributed by atoms with E-state index in [1.54, 1.807) is 0 Å². The summed E-state index contributed by atoms with van der Waals surface area (Å²) in [6, 6.07) is 0.209. The van der Waals surface area contributed by atoms with Crippen molar-refractivity contribution in [3.63, 3.8) is 0 Å². The first-order valence-electron chi connectivity index (χ1n) is 8.39. The molecule has 8 nitrogen and oxygen atoms in total. The van der Waals surface area contributed by atoms with Gasteiger partial charge in [-0.3, -0.25) is 5.43 Å². The molecule has 1 heterocycles. The highest BCUT2D eigenvalue weighted by atomic mass is 16.5. The van der Waals surface area contributed by atoms with E-state index in [-0.39, 0.29) is 0 Å². The summed E-state index contributed by atoms with van der Waals surface area (Å²) in [5.74, 6) is 4.92. The van der Waals surface area contributed by atoms with Crippen LogP contribution in [0.3, 0.4) is 0 Å². The molecule has 1 aliphatic heterocycles. The normalized spacial score (nSPS) is 16.7. The van der Waals surface area contributed by atoms with Crippen molar-refractivity contribution in [3.05, 3.63) is 0 Å². The zero-order chi connectivity index (χ0) is 16.9. The molecule has 2 amide bonds. The molecule has 0 aromatic carbocycles. The van der Waals surface area contributed by atoms with E-state index in [2.05, 4.69) is 24.1 Å². The summed E-state index contributed by atoms with van der Waals surface area (Å²) in [5.41, 5.74) is 1.98. The van der Waals surface area contributed by atoms with Crippen LogP contribution in [0.5, 0.6) is 0 Å². The summed E-state index contributed by atoms with van der Waals surface area (Å²) >= 11 is 0.